The number of aryl methyl sites for hydroxylation is 1. The second-order valence-electron chi connectivity index (χ2n) is 8.44. The van der Waals surface area contributed by atoms with Crippen LogP contribution in [0.15, 0.2) is 48.8 Å². The van der Waals surface area contributed by atoms with E-state index in [0.717, 1.165) is 42.1 Å². The summed E-state index contributed by atoms with van der Waals surface area (Å²) in [5.41, 5.74) is 4.08. The molecule has 3 N–H and O–H groups in total. The van der Waals surface area contributed by atoms with Crippen LogP contribution in [0.3, 0.4) is 0 Å². The fraction of sp³-hybridized carbons (Fsp3) is 0.333. The van der Waals surface area contributed by atoms with Gasteiger partial charge in [0.15, 0.2) is 5.82 Å². The number of carbonyl (C=O) groups is 1. The highest BCUT2D eigenvalue weighted by Crippen LogP contribution is 2.40. The van der Waals surface area contributed by atoms with Gasteiger partial charge < -0.3 is 25.2 Å². The van der Waals surface area contributed by atoms with Crippen LogP contribution in [0.5, 0.6) is 5.88 Å². The predicted octanol–water partition coefficient (Wildman–Crippen LogP) is 2.21. The zero-order valence-corrected chi connectivity index (χ0v) is 18.8. The third kappa shape index (κ3) is 4.37. The number of aliphatic hydroxyl groups is 2. The number of aromatic nitrogens is 3. The molecule has 10 heteroatoms. The minimum Gasteiger partial charge on any atom is -0.475 e. The Balaban J connectivity index is 1.41. The van der Waals surface area contributed by atoms with Crippen LogP contribution in [-0.4, -0.2) is 69.6 Å². The van der Waals surface area contributed by atoms with Crippen LogP contribution in [-0.2, 0) is 0 Å². The normalized spacial score (nSPS) is 17.3. The molecule has 2 atom stereocenters. The molecular formula is C24H26N6O4. The molecule has 0 aromatic carbocycles. The molecule has 1 fully saturated rings. The topological polar surface area (TPSA) is 124 Å². The van der Waals surface area contributed by atoms with E-state index in [0.29, 0.717) is 11.5 Å². The van der Waals surface area contributed by atoms with E-state index in [1.807, 2.05) is 31.2 Å². The molecule has 2 amide bonds. The van der Waals surface area contributed by atoms with Gasteiger partial charge in [-0.3, -0.25) is 9.88 Å². The van der Waals surface area contributed by atoms with Gasteiger partial charge in [0.1, 0.15) is 12.7 Å². The van der Waals surface area contributed by atoms with E-state index in [9.17, 15) is 9.90 Å². The van der Waals surface area contributed by atoms with Crippen molar-refractivity contribution in [3.63, 3.8) is 0 Å². The molecule has 3 aromatic rings. The van der Waals surface area contributed by atoms with E-state index in [2.05, 4.69) is 20.2 Å². The molecule has 2 aliphatic rings. The number of fused-ring (bicyclic) bond motifs is 4. The Labute approximate surface area is 196 Å². The van der Waals surface area contributed by atoms with Gasteiger partial charge in [-0.05, 0) is 43.7 Å². The molecule has 10 nitrogen and oxygen atoms in total. The third-order valence-corrected chi connectivity index (χ3v) is 5.98. The Morgan fingerprint density at radius 3 is 2.91 bits per heavy atom. The van der Waals surface area contributed by atoms with Gasteiger partial charge in [-0.15, -0.1) is 0 Å². The molecule has 2 bridgehead atoms. The molecule has 0 saturated carbocycles. The molecule has 5 heterocycles. The summed E-state index contributed by atoms with van der Waals surface area (Å²) in [5, 5.41) is 21.4. The largest absolute Gasteiger partial charge is 0.475 e. The number of nitrogens with zero attached hydrogens (tertiary/aromatic N) is 5. The summed E-state index contributed by atoms with van der Waals surface area (Å²) in [5.74, 6) is 0.875. The number of hydrogen-bond donors (Lipinski definition) is 3. The summed E-state index contributed by atoms with van der Waals surface area (Å²) in [6.45, 7) is 3.07. The van der Waals surface area contributed by atoms with E-state index in [4.69, 9.17) is 14.8 Å². The fourth-order valence-corrected chi connectivity index (χ4v) is 4.32. The monoisotopic (exact) mass is 462 g/mol. The maximum atomic E-state index is 13.5. The molecule has 0 aliphatic carbocycles. The van der Waals surface area contributed by atoms with Crippen LogP contribution >= 0.6 is 0 Å². The van der Waals surface area contributed by atoms with E-state index >= 15 is 0 Å². The average Bonchev–Trinajstić information content (AvgIpc) is 3.26. The highest BCUT2D eigenvalue weighted by molar-refractivity contribution is 6.04. The van der Waals surface area contributed by atoms with Crippen LogP contribution in [0.2, 0.25) is 0 Å². The lowest BCUT2D eigenvalue weighted by atomic mass is 10.1. The van der Waals surface area contributed by atoms with Gasteiger partial charge in [0, 0.05) is 48.5 Å². The zero-order valence-electron chi connectivity index (χ0n) is 18.8. The van der Waals surface area contributed by atoms with Gasteiger partial charge in [0.2, 0.25) is 5.88 Å². The summed E-state index contributed by atoms with van der Waals surface area (Å²) >= 11 is 0. The van der Waals surface area contributed by atoms with Crippen molar-refractivity contribution >= 4 is 23.2 Å². The summed E-state index contributed by atoms with van der Waals surface area (Å²) in [6, 6.07) is 10.9. The number of carbonyl (C=O) groups excluding carboxylic acids is 1. The van der Waals surface area contributed by atoms with E-state index in [1.54, 1.807) is 23.2 Å². The van der Waals surface area contributed by atoms with Gasteiger partial charge in [-0.2, -0.15) is 0 Å². The smallest absolute Gasteiger partial charge is 0.327 e. The van der Waals surface area contributed by atoms with Crippen molar-refractivity contribution in [3.8, 4) is 17.1 Å². The quantitative estimate of drug-likeness (QED) is 0.509. The van der Waals surface area contributed by atoms with Crippen LogP contribution < -0.4 is 19.9 Å². The Morgan fingerprint density at radius 1 is 1.24 bits per heavy atom. The summed E-state index contributed by atoms with van der Waals surface area (Å²) in [4.78, 5) is 30.7. The van der Waals surface area contributed by atoms with E-state index < -0.39 is 12.7 Å². The van der Waals surface area contributed by atoms with Gasteiger partial charge >= 0.3 is 6.03 Å². The maximum Gasteiger partial charge on any atom is 0.327 e. The van der Waals surface area contributed by atoms with Crippen molar-refractivity contribution < 1.29 is 19.7 Å². The lowest BCUT2D eigenvalue weighted by Gasteiger charge is -2.36. The molecule has 1 saturated heterocycles. The Kier molecular flexibility index (Phi) is 5.99. The molecular weight excluding hydrogens is 436 g/mol. The standard InChI is InChI=1S/C24H26N6O4/c1-15-10-16(4-7-25-15)20-2-3-21-23(28-20)30(18-6-9-29(21)12-18)24(33)27-17-5-8-26-22(11-17)34-14-19(32)13-31/h2-5,7-8,10-11,18-19,31-32H,6,9,12-14H2,1H3,(H,26,27,33)/t18-,19?/m0/s1. The van der Waals surface area contributed by atoms with Gasteiger partial charge in [0.25, 0.3) is 0 Å². The van der Waals surface area contributed by atoms with Gasteiger partial charge in [-0.25, -0.2) is 14.8 Å². The van der Waals surface area contributed by atoms with Crippen molar-refractivity contribution in [1.82, 2.24) is 15.0 Å². The van der Waals surface area contributed by atoms with E-state index in [1.165, 1.54) is 6.20 Å². The molecule has 34 heavy (non-hydrogen) atoms. The highest BCUT2D eigenvalue weighted by atomic mass is 16.5. The Hall–Kier alpha value is -3.76. The van der Waals surface area contributed by atoms with Crippen molar-refractivity contribution in [1.29, 1.82) is 0 Å². The first kappa shape index (κ1) is 22.1. The molecule has 0 spiro atoms. The SMILES string of the molecule is Cc1cc(-c2ccc3c(n2)N(C(=O)Nc2ccnc(OCC(O)CO)c2)[C@H]2CCN3C2)ccn1. The number of hydrogen-bond acceptors (Lipinski definition) is 8. The van der Waals surface area contributed by atoms with Crippen molar-refractivity contribution in [2.45, 2.75) is 25.5 Å². The maximum absolute atomic E-state index is 13.5. The Morgan fingerprint density at radius 2 is 2.09 bits per heavy atom. The average molecular weight is 463 g/mol. The van der Waals surface area contributed by atoms with Crippen molar-refractivity contribution in [2.24, 2.45) is 0 Å². The number of ether oxygens (including phenoxy) is 1. The first-order valence-corrected chi connectivity index (χ1v) is 11.2. The zero-order chi connectivity index (χ0) is 23.7. The Bertz CT molecular complexity index is 1210. The lowest BCUT2D eigenvalue weighted by molar-refractivity contribution is 0.0521. The minimum absolute atomic E-state index is 0.0201. The summed E-state index contributed by atoms with van der Waals surface area (Å²) < 4.78 is 5.40. The third-order valence-electron chi connectivity index (χ3n) is 5.98. The lowest BCUT2D eigenvalue weighted by Crippen LogP contribution is -2.48. The number of aliphatic hydroxyl groups excluding tert-OH is 2. The van der Waals surface area contributed by atoms with Crippen molar-refractivity contribution in [2.75, 3.05) is 41.4 Å². The molecule has 5 rings (SSSR count). The number of rotatable bonds is 6. The number of anilines is 3. The molecule has 3 aromatic heterocycles. The van der Waals surface area contributed by atoms with Crippen LogP contribution in [0, 0.1) is 6.92 Å². The molecule has 176 valence electrons. The first-order valence-electron chi connectivity index (χ1n) is 11.2. The molecule has 2 aliphatic heterocycles. The second-order valence-corrected chi connectivity index (χ2v) is 8.44. The molecule has 0 radical (unpaired) electrons. The number of amides is 2. The van der Waals surface area contributed by atoms with E-state index in [-0.39, 0.29) is 24.6 Å². The van der Waals surface area contributed by atoms with Crippen LogP contribution in [0.4, 0.5) is 22.0 Å². The molecule has 1 unspecified atom stereocenters. The van der Waals surface area contributed by atoms with Gasteiger partial charge in [0.05, 0.1) is 24.0 Å². The van der Waals surface area contributed by atoms with Crippen molar-refractivity contribution in [3.05, 3.63) is 54.5 Å². The van der Waals surface area contributed by atoms with Crippen LogP contribution in [0.1, 0.15) is 12.1 Å². The predicted molar refractivity (Wildman–Crippen MR) is 127 cm³/mol. The highest BCUT2D eigenvalue weighted by Gasteiger charge is 2.40. The van der Waals surface area contributed by atoms with Gasteiger partial charge in [-0.1, -0.05) is 0 Å². The van der Waals surface area contributed by atoms with Crippen LogP contribution in [0.25, 0.3) is 11.3 Å². The first-order chi connectivity index (χ1) is 16.5. The summed E-state index contributed by atoms with van der Waals surface area (Å²) in [7, 11) is 0. The fourth-order valence-electron chi connectivity index (χ4n) is 4.32. The number of urea groups is 1. The number of nitrogens with one attached hydrogen (secondary N) is 1. The number of pyridine rings is 3. The second kappa shape index (κ2) is 9.24. The summed E-state index contributed by atoms with van der Waals surface area (Å²) in [6.07, 6.45) is 3.13. The minimum atomic E-state index is -1.00.